The second-order valence-electron chi connectivity index (χ2n) is 2.53. The topological polar surface area (TPSA) is 47.0 Å². The number of hydrogen-bond acceptors (Lipinski definition) is 4. The van der Waals surface area contributed by atoms with Gasteiger partial charge < -0.3 is 0 Å². The van der Waals surface area contributed by atoms with Crippen molar-refractivity contribution in [1.82, 2.24) is 4.98 Å². The number of allylic oxidation sites excluding steroid dienone is 1. The highest BCUT2D eigenvalue weighted by Crippen LogP contribution is 2.19. The Morgan fingerprint density at radius 2 is 2.07 bits per heavy atom. The zero-order chi connectivity index (χ0) is 11.5. The highest BCUT2D eigenvalue weighted by molar-refractivity contribution is 7.93. The van der Waals surface area contributed by atoms with Gasteiger partial charge >= 0.3 is 6.08 Å². The molecule has 0 bridgehead atoms. The fourth-order valence-electron chi connectivity index (χ4n) is 0.770. The van der Waals surface area contributed by atoms with E-state index in [0.717, 1.165) is 11.3 Å². The van der Waals surface area contributed by atoms with Crippen molar-refractivity contribution in [3.63, 3.8) is 0 Å². The quantitative estimate of drug-likeness (QED) is 0.832. The molecule has 1 aromatic heterocycles. The van der Waals surface area contributed by atoms with Crippen LogP contribution in [0.3, 0.4) is 0 Å². The lowest BCUT2D eigenvalue weighted by Crippen LogP contribution is -2.06. The molecule has 0 unspecified atom stereocenters. The fraction of sp³-hybridized carbons (Fsp3) is 0.286. The van der Waals surface area contributed by atoms with Crippen LogP contribution in [0.4, 0.5) is 13.2 Å². The van der Waals surface area contributed by atoms with Crippen molar-refractivity contribution in [3.05, 3.63) is 23.5 Å². The van der Waals surface area contributed by atoms with E-state index >= 15 is 0 Å². The van der Waals surface area contributed by atoms with E-state index in [4.69, 9.17) is 0 Å². The fourth-order valence-corrected chi connectivity index (χ4v) is 2.98. The summed E-state index contributed by atoms with van der Waals surface area (Å²) < 4.78 is 58.1. The summed E-state index contributed by atoms with van der Waals surface area (Å²) >= 11 is 0.865. The Hall–Kier alpha value is -0.890. The molecule has 3 nitrogen and oxygen atoms in total. The lowest BCUT2D eigenvalue weighted by atomic mass is 10.4. The lowest BCUT2D eigenvalue weighted by Gasteiger charge is -1.98. The van der Waals surface area contributed by atoms with Crippen LogP contribution in [0.2, 0.25) is 0 Å². The Kier molecular flexibility index (Phi) is 3.86. The Bertz CT molecular complexity index is 449. The van der Waals surface area contributed by atoms with E-state index in [0.29, 0.717) is 0 Å². The third-order valence-electron chi connectivity index (χ3n) is 1.47. The third kappa shape index (κ3) is 3.31. The van der Waals surface area contributed by atoms with E-state index in [2.05, 4.69) is 4.98 Å². The van der Waals surface area contributed by atoms with Gasteiger partial charge in [-0.05, 0) is 0 Å². The average molecular weight is 257 g/mol. The molecule has 0 saturated heterocycles. The standard InChI is InChI=1S/C7H6F3NO2S2/c8-5(6(9)10)1-4-15(12,13)7-11-2-3-14-7/h2-3H,1,4H2. The number of thiazole rings is 1. The molecule has 8 heteroatoms. The first-order valence-corrected chi connectivity index (χ1v) is 6.28. The summed E-state index contributed by atoms with van der Waals surface area (Å²) in [6, 6.07) is 0. The van der Waals surface area contributed by atoms with Crippen molar-refractivity contribution < 1.29 is 21.6 Å². The van der Waals surface area contributed by atoms with E-state index in [1.54, 1.807) is 0 Å². The molecule has 0 spiro atoms. The lowest BCUT2D eigenvalue weighted by molar-refractivity contribution is 0.373. The van der Waals surface area contributed by atoms with Crippen LogP contribution in [0, 0.1) is 0 Å². The van der Waals surface area contributed by atoms with E-state index in [1.807, 2.05) is 0 Å². The Balaban J connectivity index is 2.72. The number of sulfone groups is 1. The zero-order valence-electron chi connectivity index (χ0n) is 7.28. The van der Waals surface area contributed by atoms with Gasteiger partial charge in [0.2, 0.25) is 14.2 Å². The van der Waals surface area contributed by atoms with Crippen molar-refractivity contribution in [1.29, 1.82) is 0 Å². The average Bonchev–Trinajstić information content (AvgIpc) is 2.67. The van der Waals surface area contributed by atoms with Gasteiger partial charge in [-0.3, -0.25) is 0 Å². The van der Waals surface area contributed by atoms with Crippen LogP contribution in [-0.4, -0.2) is 19.2 Å². The second-order valence-corrected chi connectivity index (χ2v) is 5.71. The molecule has 0 atom stereocenters. The highest BCUT2D eigenvalue weighted by atomic mass is 32.2. The number of halogens is 3. The van der Waals surface area contributed by atoms with Crippen LogP contribution in [-0.2, 0) is 9.84 Å². The zero-order valence-corrected chi connectivity index (χ0v) is 8.92. The summed E-state index contributed by atoms with van der Waals surface area (Å²) in [5, 5.41) is 1.44. The first kappa shape index (κ1) is 12.2. The summed E-state index contributed by atoms with van der Waals surface area (Å²) in [5.74, 6) is -2.40. The minimum absolute atomic E-state index is 0.186. The molecule has 0 amide bonds. The van der Waals surface area contributed by atoms with E-state index in [9.17, 15) is 21.6 Å². The molecular weight excluding hydrogens is 251 g/mol. The molecule has 0 aliphatic heterocycles. The van der Waals surface area contributed by atoms with Crippen molar-refractivity contribution in [2.75, 3.05) is 5.75 Å². The number of nitrogens with zero attached hydrogens (tertiary/aromatic N) is 1. The molecule has 0 aromatic carbocycles. The monoisotopic (exact) mass is 257 g/mol. The van der Waals surface area contributed by atoms with E-state index in [1.165, 1.54) is 11.6 Å². The van der Waals surface area contributed by atoms with Crippen molar-refractivity contribution in [2.24, 2.45) is 0 Å². The van der Waals surface area contributed by atoms with Gasteiger partial charge in [0, 0.05) is 18.0 Å². The normalized spacial score (nSPS) is 11.4. The molecular formula is C7H6F3NO2S2. The summed E-state index contributed by atoms with van der Waals surface area (Å²) in [6.45, 7) is 0. The minimum Gasteiger partial charge on any atom is -0.234 e. The van der Waals surface area contributed by atoms with Crippen LogP contribution >= 0.6 is 11.3 Å². The maximum atomic E-state index is 12.3. The van der Waals surface area contributed by atoms with Crippen LogP contribution in [0.1, 0.15) is 6.42 Å². The number of rotatable bonds is 4. The first-order valence-electron chi connectivity index (χ1n) is 3.75. The highest BCUT2D eigenvalue weighted by Gasteiger charge is 2.19. The van der Waals surface area contributed by atoms with Crippen LogP contribution in [0.15, 0.2) is 27.8 Å². The smallest absolute Gasteiger partial charge is 0.234 e. The third-order valence-corrected chi connectivity index (χ3v) is 4.47. The van der Waals surface area contributed by atoms with E-state index in [-0.39, 0.29) is 4.34 Å². The molecule has 0 aliphatic rings. The van der Waals surface area contributed by atoms with Gasteiger partial charge in [-0.15, -0.1) is 11.3 Å². The second kappa shape index (κ2) is 4.75. The Morgan fingerprint density at radius 1 is 1.40 bits per heavy atom. The van der Waals surface area contributed by atoms with Gasteiger partial charge in [0.15, 0.2) is 5.83 Å². The van der Waals surface area contributed by atoms with Crippen LogP contribution in [0.25, 0.3) is 0 Å². The number of hydrogen-bond donors (Lipinski definition) is 0. The maximum Gasteiger partial charge on any atom is 0.301 e. The molecule has 0 saturated carbocycles. The molecule has 84 valence electrons. The summed E-state index contributed by atoms with van der Waals surface area (Å²) in [4.78, 5) is 3.52. The van der Waals surface area contributed by atoms with Crippen molar-refractivity contribution in [3.8, 4) is 0 Å². The first-order chi connectivity index (χ1) is 6.93. The molecule has 1 aromatic rings. The van der Waals surface area contributed by atoms with Crippen LogP contribution < -0.4 is 0 Å². The minimum atomic E-state index is -3.75. The van der Waals surface area contributed by atoms with Gasteiger partial charge in [0.25, 0.3) is 0 Å². The van der Waals surface area contributed by atoms with Crippen LogP contribution in [0.5, 0.6) is 0 Å². The van der Waals surface area contributed by atoms with Crippen molar-refractivity contribution in [2.45, 2.75) is 10.8 Å². The van der Waals surface area contributed by atoms with E-state index < -0.39 is 33.9 Å². The molecule has 1 rings (SSSR count). The molecule has 1 heterocycles. The van der Waals surface area contributed by atoms with Gasteiger partial charge in [-0.25, -0.2) is 17.8 Å². The number of aromatic nitrogens is 1. The summed E-state index contributed by atoms with van der Waals surface area (Å²) in [5.41, 5.74) is 0. The SMILES string of the molecule is O=S(=O)(CCC(F)=C(F)F)c1nccs1. The molecule has 0 radical (unpaired) electrons. The van der Waals surface area contributed by atoms with Crippen molar-refractivity contribution >= 4 is 21.2 Å². The molecule has 0 N–H and O–H groups in total. The Labute approximate surface area is 88.2 Å². The summed E-state index contributed by atoms with van der Waals surface area (Å²) in [6.07, 6.45) is -2.03. The van der Waals surface area contributed by atoms with Gasteiger partial charge in [-0.1, -0.05) is 0 Å². The van der Waals surface area contributed by atoms with Gasteiger partial charge in [-0.2, -0.15) is 8.78 Å². The molecule has 0 aliphatic carbocycles. The molecule has 15 heavy (non-hydrogen) atoms. The summed E-state index contributed by atoms with van der Waals surface area (Å²) in [7, 11) is -3.75. The predicted octanol–water partition coefficient (Wildman–Crippen LogP) is 2.38. The molecule has 0 fully saturated rings. The Morgan fingerprint density at radius 3 is 2.53 bits per heavy atom. The van der Waals surface area contributed by atoms with Gasteiger partial charge in [0.1, 0.15) is 0 Å². The van der Waals surface area contributed by atoms with Gasteiger partial charge in [0.05, 0.1) is 5.75 Å². The maximum absolute atomic E-state index is 12.3. The predicted molar refractivity (Wildman–Crippen MR) is 49.1 cm³/mol. The largest absolute Gasteiger partial charge is 0.301 e.